The van der Waals surface area contributed by atoms with Gasteiger partial charge in [0.1, 0.15) is 12.8 Å². The first-order chi connectivity index (χ1) is 15.4. The number of nitrogens with one attached hydrogen (secondary N) is 2. The number of carbonyl (C=O) groups is 1. The summed E-state index contributed by atoms with van der Waals surface area (Å²) >= 11 is 0. The summed E-state index contributed by atoms with van der Waals surface area (Å²) in [5.74, 6) is 0.589. The Bertz CT molecular complexity index is 1050. The zero-order valence-electron chi connectivity index (χ0n) is 20.1. The summed E-state index contributed by atoms with van der Waals surface area (Å²) in [6.45, 7) is 8.62. The van der Waals surface area contributed by atoms with Crippen LogP contribution in [0.15, 0.2) is 27.9 Å². The molecule has 184 valence electrons. The number of aliphatic imine (C=N–C) groups is 1. The van der Waals surface area contributed by atoms with E-state index in [-0.39, 0.29) is 28.7 Å². The number of carbonyl (C=O) groups excluding carboxylic acids is 1. The lowest BCUT2D eigenvalue weighted by molar-refractivity contribution is 0.117. The van der Waals surface area contributed by atoms with E-state index in [1.165, 1.54) is 18.0 Å². The topological polar surface area (TPSA) is 130 Å². The molecule has 2 N–H and O–H groups in total. The molecule has 0 spiro atoms. The minimum absolute atomic E-state index is 0.00948. The van der Waals surface area contributed by atoms with E-state index in [0.29, 0.717) is 19.0 Å². The Labute approximate surface area is 194 Å². The number of hydrogen-bond acceptors (Lipinski definition) is 9. The fourth-order valence-corrected chi connectivity index (χ4v) is 4.55. The second-order valence-corrected chi connectivity index (χ2v) is 10.5. The van der Waals surface area contributed by atoms with Crippen molar-refractivity contribution in [2.75, 3.05) is 27.8 Å². The van der Waals surface area contributed by atoms with Crippen molar-refractivity contribution >= 4 is 22.0 Å². The number of sulfonamides is 1. The highest BCUT2D eigenvalue weighted by Gasteiger charge is 2.34. The fraction of sp³-hybridized carbons (Fsp3) is 0.650. The first-order valence-corrected chi connectivity index (χ1v) is 12.2. The molecule has 12 nitrogen and oxygen atoms in total. The lowest BCUT2D eigenvalue weighted by Gasteiger charge is -2.38. The molecule has 3 rings (SSSR count). The van der Waals surface area contributed by atoms with Crippen molar-refractivity contribution in [2.45, 2.75) is 51.3 Å². The number of nitrogens with zero attached hydrogens (tertiary/aromatic N) is 5. The average Bonchev–Trinajstić information content (AvgIpc) is 3.17. The van der Waals surface area contributed by atoms with Gasteiger partial charge in [-0.1, -0.05) is 27.7 Å². The van der Waals surface area contributed by atoms with E-state index in [0.717, 1.165) is 5.70 Å². The van der Waals surface area contributed by atoms with E-state index in [4.69, 9.17) is 9.47 Å². The summed E-state index contributed by atoms with van der Waals surface area (Å²) in [5, 5.41) is 5.71. The molecular formula is C20H33N7O5S. The van der Waals surface area contributed by atoms with E-state index in [2.05, 4.69) is 20.2 Å². The smallest absolute Gasteiger partial charge is 0.347 e. The summed E-state index contributed by atoms with van der Waals surface area (Å²) in [4.78, 5) is 19.1. The monoisotopic (exact) mass is 483 g/mol. The number of likely N-dealkylation sites (N-methyl/N-ethyl adjacent to an activating group) is 1. The molecule has 0 aliphatic carbocycles. The van der Waals surface area contributed by atoms with Crippen molar-refractivity contribution in [3.05, 3.63) is 18.0 Å². The molecule has 0 bridgehead atoms. The molecule has 0 saturated carbocycles. The van der Waals surface area contributed by atoms with Gasteiger partial charge in [-0.15, -0.1) is 0 Å². The summed E-state index contributed by atoms with van der Waals surface area (Å²) in [6.07, 6.45) is 2.45. The molecule has 1 unspecified atom stereocenters. The summed E-state index contributed by atoms with van der Waals surface area (Å²) in [5.41, 5.74) is 3.39. The third-order valence-corrected chi connectivity index (χ3v) is 6.81. The van der Waals surface area contributed by atoms with Crippen molar-refractivity contribution in [3.8, 4) is 5.88 Å². The van der Waals surface area contributed by atoms with Crippen LogP contribution >= 0.6 is 0 Å². The van der Waals surface area contributed by atoms with Gasteiger partial charge in [0, 0.05) is 11.8 Å². The lowest BCUT2D eigenvalue weighted by Crippen LogP contribution is -2.55. The number of rotatable bonds is 6. The second-order valence-electron chi connectivity index (χ2n) is 8.89. The Morgan fingerprint density at radius 3 is 2.58 bits per heavy atom. The zero-order chi connectivity index (χ0) is 24.5. The standard InChI is InChI=1S/C20H33N7O5S/c1-12(2)15-8-17(31-7)22-18(13(3)4)27(15)23-20(28)24-33(29,30)16-9-21-26-10-14(25(5)6)11-32-19(16)26/h8-9,12-14,18H,10-11H2,1-7H3,(H2,23,24,28)/t14-,18?/m0/s1. The highest BCUT2D eigenvalue weighted by Crippen LogP contribution is 2.28. The molecule has 2 atom stereocenters. The molecule has 0 saturated heterocycles. The predicted molar refractivity (Wildman–Crippen MR) is 122 cm³/mol. The number of allylic oxidation sites excluding steroid dienone is 1. The van der Waals surface area contributed by atoms with Gasteiger partial charge in [-0.25, -0.2) is 33.0 Å². The van der Waals surface area contributed by atoms with Gasteiger partial charge < -0.3 is 14.4 Å². The van der Waals surface area contributed by atoms with E-state index in [1.54, 1.807) is 11.1 Å². The first-order valence-electron chi connectivity index (χ1n) is 10.8. The van der Waals surface area contributed by atoms with Gasteiger partial charge in [-0.2, -0.15) is 5.10 Å². The summed E-state index contributed by atoms with van der Waals surface area (Å²) in [6, 6.07) is -0.847. The molecule has 1 aromatic heterocycles. The van der Waals surface area contributed by atoms with Crippen LogP contribution in [0.3, 0.4) is 0 Å². The Kier molecular flexibility index (Phi) is 7.22. The van der Waals surface area contributed by atoms with Crippen molar-refractivity contribution in [2.24, 2.45) is 16.8 Å². The molecule has 2 aliphatic heterocycles. The van der Waals surface area contributed by atoms with Crippen LogP contribution in [-0.2, 0) is 21.3 Å². The summed E-state index contributed by atoms with van der Waals surface area (Å²) in [7, 11) is 1.13. The maximum absolute atomic E-state index is 13.0. The highest BCUT2D eigenvalue weighted by atomic mass is 32.2. The Morgan fingerprint density at radius 2 is 2.00 bits per heavy atom. The van der Waals surface area contributed by atoms with Crippen molar-refractivity contribution in [1.82, 2.24) is 29.8 Å². The molecule has 13 heteroatoms. The minimum Gasteiger partial charge on any atom is -0.481 e. The third kappa shape index (κ3) is 5.24. The molecule has 2 aliphatic rings. The van der Waals surface area contributed by atoms with Crippen LogP contribution in [0.4, 0.5) is 4.79 Å². The van der Waals surface area contributed by atoms with Gasteiger partial charge in [-0.05, 0) is 25.9 Å². The van der Waals surface area contributed by atoms with Crippen LogP contribution in [0.2, 0.25) is 0 Å². The maximum atomic E-state index is 13.0. The zero-order valence-corrected chi connectivity index (χ0v) is 20.9. The lowest BCUT2D eigenvalue weighted by atomic mass is 10.0. The average molecular weight is 484 g/mol. The molecule has 3 heterocycles. The number of hydrogen-bond donors (Lipinski definition) is 2. The van der Waals surface area contributed by atoms with Gasteiger partial charge >= 0.3 is 6.03 Å². The predicted octanol–water partition coefficient (Wildman–Crippen LogP) is 0.991. The minimum atomic E-state index is -4.23. The van der Waals surface area contributed by atoms with Crippen LogP contribution in [0.25, 0.3) is 0 Å². The van der Waals surface area contributed by atoms with Crippen molar-refractivity contribution in [3.63, 3.8) is 0 Å². The molecule has 0 radical (unpaired) electrons. The number of urea groups is 1. The third-order valence-electron chi connectivity index (χ3n) is 5.50. The van der Waals surface area contributed by atoms with Crippen LogP contribution in [0, 0.1) is 11.8 Å². The van der Waals surface area contributed by atoms with Gasteiger partial charge in [0.2, 0.25) is 11.8 Å². The fourth-order valence-electron chi connectivity index (χ4n) is 3.57. The van der Waals surface area contributed by atoms with Gasteiger partial charge in [-0.3, -0.25) is 5.01 Å². The highest BCUT2D eigenvalue weighted by molar-refractivity contribution is 7.90. The SMILES string of the molecule is COC1=NC(C(C)C)N(NC(=O)NS(=O)(=O)c2cnn3c2OC[C@@H](N(C)C)C3)C(C(C)C)=C1. The van der Waals surface area contributed by atoms with Gasteiger partial charge in [0.15, 0.2) is 4.90 Å². The number of aromatic nitrogens is 2. The number of amides is 2. The molecule has 1 aromatic rings. The van der Waals surface area contributed by atoms with E-state index < -0.39 is 22.2 Å². The molecule has 0 aromatic carbocycles. The summed E-state index contributed by atoms with van der Waals surface area (Å²) < 4.78 is 40.5. The van der Waals surface area contributed by atoms with Crippen LogP contribution in [0.5, 0.6) is 5.88 Å². The largest absolute Gasteiger partial charge is 0.481 e. The van der Waals surface area contributed by atoms with E-state index in [1.807, 2.05) is 46.7 Å². The van der Waals surface area contributed by atoms with Crippen molar-refractivity contribution in [1.29, 1.82) is 0 Å². The Morgan fingerprint density at radius 1 is 1.30 bits per heavy atom. The second kappa shape index (κ2) is 9.59. The molecular weight excluding hydrogens is 450 g/mol. The number of methoxy groups -OCH3 is 1. The molecule has 33 heavy (non-hydrogen) atoms. The van der Waals surface area contributed by atoms with E-state index >= 15 is 0 Å². The van der Waals surface area contributed by atoms with Crippen molar-refractivity contribution < 1.29 is 22.7 Å². The molecule has 2 amide bonds. The van der Waals surface area contributed by atoms with Crippen LogP contribution in [0.1, 0.15) is 27.7 Å². The van der Waals surface area contributed by atoms with Crippen LogP contribution in [-0.4, -0.2) is 80.1 Å². The number of fused-ring (bicyclic) bond motifs is 1. The maximum Gasteiger partial charge on any atom is 0.347 e. The number of hydrazine groups is 1. The Hall–Kier alpha value is -2.80. The Balaban J connectivity index is 1.79. The van der Waals surface area contributed by atoms with E-state index in [9.17, 15) is 13.2 Å². The number of ether oxygens (including phenoxy) is 2. The van der Waals surface area contributed by atoms with Gasteiger partial charge in [0.25, 0.3) is 10.0 Å². The quantitative estimate of drug-likeness (QED) is 0.613. The molecule has 0 fully saturated rings. The van der Waals surface area contributed by atoms with Gasteiger partial charge in [0.05, 0.1) is 25.9 Å². The normalized spacial score (nSPS) is 20.8. The first kappa shape index (κ1) is 24.8. The van der Waals surface area contributed by atoms with Crippen LogP contribution < -0.4 is 14.9 Å².